The predicted octanol–water partition coefficient (Wildman–Crippen LogP) is 3.75. The first-order valence-electron chi connectivity index (χ1n) is 8.08. The van der Waals surface area contributed by atoms with Crippen LogP contribution in [0.1, 0.15) is 28.7 Å². The quantitative estimate of drug-likeness (QED) is 0.661. The van der Waals surface area contributed by atoms with Crippen LogP contribution in [-0.4, -0.2) is 19.8 Å². The maximum atomic E-state index is 13.5. The fraction of sp³-hybridized carbons (Fsp3) is 0.278. The highest BCUT2D eigenvalue weighted by atomic mass is 35.5. The van der Waals surface area contributed by atoms with Crippen LogP contribution in [-0.2, 0) is 13.7 Å². The molecular weight excluding hydrogens is 378 g/mol. The summed E-state index contributed by atoms with van der Waals surface area (Å²) in [6.07, 6.45) is -2.74. The Kier molecular flexibility index (Phi) is 5.27. The van der Waals surface area contributed by atoms with Crippen molar-refractivity contribution in [3.8, 4) is 11.4 Å². The third-order valence-corrected chi connectivity index (χ3v) is 4.59. The first-order valence-corrected chi connectivity index (χ1v) is 8.46. The number of nitrogens with zero attached hydrogens (tertiary/aromatic N) is 4. The normalized spacial score (nSPS) is 11.2. The highest BCUT2D eigenvalue weighted by Gasteiger charge is 2.20. The van der Waals surface area contributed by atoms with Crippen molar-refractivity contribution in [3.63, 3.8) is 0 Å². The molecule has 0 spiro atoms. The van der Waals surface area contributed by atoms with Crippen LogP contribution >= 0.6 is 11.6 Å². The van der Waals surface area contributed by atoms with Crippen molar-refractivity contribution in [2.45, 2.75) is 26.9 Å². The van der Waals surface area contributed by atoms with E-state index in [1.807, 2.05) is 13.8 Å². The first kappa shape index (κ1) is 19.0. The lowest BCUT2D eigenvalue weighted by Gasteiger charge is -2.16. The van der Waals surface area contributed by atoms with Gasteiger partial charge < -0.3 is 4.74 Å². The Balaban J connectivity index is 2.05. The van der Waals surface area contributed by atoms with Gasteiger partial charge in [-0.15, -0.1) is 0 Å². The molecule has 3 aromatic rings. The van der Waals surface area contributed by atoms with Crippen LogP contribution in [0.4, 0.5) is 8.78 Å². The summed E-state index contributed by atoms with van der Waals surface area (Å²) < 4.78 is 34.8. The second-order valence-corrected chi connectivity index (χ2v) is 6.51. The molecule has 0 atom stereocenters. The molecular formula is C18H17ClF2N4O2. The number of rotatable bonds is 5. The number of benzene rings is 2. The van der Waals surface area contributed by atoms with Gasteiger partial charge in [0.05, 0.1) is 10.7 Å². The average Bonchev–Trinajstić information content (AvgIpc) is 2.95. The van der Waals surface area contributed by atoms with Gasteiger partial charge in [-0.3, -0.25) is 0 Å². The van der Waals surface area contributed by atoms with Gasteiger partial charge in [0.1, 0.15) is 12.4 Å². The molecule has 2 aromatic carbocycles. The van der Waals surface area contributed by atoms with Crippen molar-refractivity contribution in [3.05, 3.63) is 68.1 Å². The molecule has 0 aliphatic carbocycles. The molecule has 142 valence electrons. The zero-order valence-corrected chi connectivity index (χ0v) is 15.7. The molecule has 0 amide bonds. The molecule has 0 saturated carbocycles. The molecule has 0 fully saturated rings. The molecule has 1 heterocycles. The van der Waals surface area contributed by atoms with Crippen molar-refractivity contribution < 1.29 is 13.5 Å². The predicted molar refractivity (Wildman–Crippen MR) is 96.8 cm³/mol. The Bertz CT molecular complexity index is 1050. The highest BCUT2D eigenvalue weighted by molar-refractivity contribution is 6.32. The summed E-state index contributed by atoms with van der Waals surface area (Å²) in [5.74, 6) is 0.376. The summed E-state index contributed by atoms with van der Waals surface area (Å²) in [7, 11) is 1.42. The van der Waals surface area contributed by atoms with E-state index in [-0.39, 0.29) is 23.4 Å². The zero-order chi connectivity index (χ0) is 19.7. The molecule has 27 heavy (non-hydrogen) atoms. The molecule has 0 N–H and O–H groups in total. The maximum Gasteiger partial charge on any atom is 0.368 e. The van der Waals surface area contributed by atoms with E-state index in [0.717, 1.165) is 20.5 Å². The average molecular weight is 395 g/mol. The van der Waals surface area contributed by atoms with Gasteiger partial charge in [0.15, 0.2) is 0 Å². The standard InChI is InChI=1S/C18H17ClF2N4O2/c1-10-7-14(19)16(8-11(10)2)27-9-13-12(17(20)21)5-4-6-15(13)25-18(26)24(3)22-23-25/h4-8,17H,9H2,1-3H3. The molecule has 0 unspecified atom stereocenters. The topological polar surface area (TPSA) is 61.9 Å². The molecule has 0 aliphatic heterocycles. The zero-order valence-electron chi connectivity index (χ0n) is 14.9. The number of ether oxygens (including phenoxy) is 1. The lowest BCUT2D eigenvalue weighted by Crippen LogP contribution is -2.23. The van der Waals surface area contributed by atoms with Gasteiger partial charge >= 0.3 is 5.69 Å². The minimum Gasteiger partial charge on any atom is -0.487 e. The second-order valence-electron chi connectivity index (χ2n) is 6.10. The van der Waals surface area contributed by atoms with E-state index in [1.54, 1.807) is 12.1 Å². The number of halogens is 3. The van der Waals surface area contributed by atoms with E-state index < -0.39 is 12.1 Å². The molecule has 0 aliphatic rings. The Morgan fingerprint density at radius 3 is 2.52 bits per heavy atom. The van der Waals surface area contributed by atoms with Crippen LogP contribution in [0.2, 0.25) is 5.02 Å². The van der Waals surface area contributed by atoms with Gasteiger partial charge in [0.25, 0.3) is 6.43 Å². The summed E-state index contributed by atoms with van der Waals surface area (Å²) in [6, 6.07) is 7.74. The Morgan fingerprint density at radius 1 is 1.19 bits per heavy atom. The van der Waals surface area contributed by atoms with Gasteiger partial charge in [0.2, 0.25) is 0 Å². The van der Waals surface area contributed by atoms with Gasteiger partial charge in [-0.05, 0) is 53.6 Å². The molecule has 6 nitrogen and oxygen atoms in total. The Labute approximate surface area is 158 Å². The molecule has 3 rings (SSSR count). The van der Waals surface area contributed by atoms with E-state index >= 15 is 0 Å². The van der Waals surface area contributed by atoms with Crippen LogP contribution < -0.4 is 10.4 Å². The SMILES string of the molecule is Cc1cc(Cl)c(OCc2c(C(F)F)cccc2-n2nnn(C)c2=O)cc1C. The van der Waals surface area contributed by atoms with Crippen LogP contribution in [0.3, 0.4) is 0 Å². The third kappa shape index (κ3) is 3.71. The van der Waals surface area contributed by atoms with E-state index in [2.05, 4.69) is 10.4 Å². The minimum absolute atomic E-state index is 0.143. The summed E-state index contributed by atoms with van der Waals surface area (Å²) in [5, 5.41) is 7.75. The van der Waals surface area contributed by atoms with E-state index in [4.69, 9.17) is 16.3 Å². The van der Waals surface area contributed by atoms with E-state index in [9.17, 15) is 13.6 Å². The lowest BCUT2D eigenvalue weighted by molar-refractivity contribution is 0.148. The van der Waals surface area contributed by atoms with Crippen LogP contribution in [0, 0.1) is 13.8 Å². The van der Waals surface area contributed by atoms with Crippen molar-refractivity contribution >= 4 is 11.6 Å². The fourth-order valence-corrected chi connectivity index (χ4v) is 2.90. The second kappa shape index (κ2) is 7.48. The van der Waals surface area contributed by atoms with E-state index in [0.29, 0.717) is 10.8 Å². The summed E-state index contributed by atoms with van der Waals surface area (Å²) >= 11 is 6.20. The smallest absolute Gasteiger partial charge is 0.368 e. The molecule has 9 heteroatoms. The number of aryl methyl sites for hydroxylation is 3. The van der Waals surface area contributed by atoms with Gasteiger partial charge in [-0.25, -0.2) is 13.6 Å². The largest absolute Gasteiger partial charge is 0.487 e. The Morgan fingerprint density at radius 2 is 1.89 bits per heavy atom. The molecule has 0 radical (unpaired) electrons. The summed E-state index contributed by atoms with van der Waals surface area (Å²) in [4.78, 5) is 12.2. The number of hydrogen-bond acceptors (Lipinski definition) is 4. The monoisotopic (exact) mass is 394 g/mol. The lowest BCUT2D eigenvalue weighted by atomic mass is 10.1. The number of hydrogen-bond donors (Lipinski definition) is 0. The molecule has 1 aromatic heterocycles. The Hall–Kier alpha value is -2.74. The molecule has 0 bridgehead atoms. The summed E-state index contributed by atoms with van der Waals surface area (Å²) in [6.45, 7) is 3.60. The minimum atomic E-state index is -2.74. The van der Waals surface area contributed by atoms with E-state index in [1.165, 1.54) is 25.2 Å². The van der Waals surface area contributed by atoms with Crippen molar-refractivity contribution in [2.75, 3.05) is 0 Å². The number of alkyl halides is 2. The van der Waals surface area contributed by atoms with Gasteiger partial charge in [0, 0.05) is 18.2 Å². The highest BCUT2D eigenvalue weighted by Crippen LogP contribution is 2.31. The summed E-state index contributed by atoms with van der Waals surface area (Å²) in [5.41, 5.74) is 1.49. The van der Waals surface area contributed by atoms with Crippen LogP contribution in [0.5, 0.6) is 5.75 Å². The fourth-order valence-electron chi connectivity index (χ4n) is 2.63. The number of tetrazole rings is 1. The third-order valence-electron chi connectivity index (χ3n) is 4.29. The van der Waals surface area contributed by atoms with Crippen molar-refractivity contribution in [1.29, 1.82) is 0 Å². The van der Waals surface area contributed by atoms with Crippen LogP contribution in [0.15, 0.2) is 35.1 Å². The van der Waals surface area contributed by atoms with Gasteiger partial charge in [-0.1, -0.05) is 23.7 Å². The first-order chi connectivity index (χ1) is 12.8. The van der Waals surface area contributed by atoms with Gasteiger partial charge in [-0.2, -0.15) is 9.36 Å². The van der Waals surface area contributed by atoms with Crippen molar-refractivity contribution in [1.82, 2.24) is 19.8 Å². The van der Waals surface area contributed by atoms with Crippen LogP contribution in [0.25, 0.3) is 5.69 Å². The number of aromatic nitrogens is 4. The van der Waals surface area contributed by atoms with Crippen molar-refractivity contribution in [2.24, 2.45) is 7.05 Å². The maximum absolute atomic E-state index is 13.5. The molecule has 0 saturated heterocycles.